The fourth-order valence-corrected chi connectivity index (χ4v) is 3.04. The summed E-state index contributed by atoms with van der Waals surface area (Å²) in [7, 11) is 0. The first-order chi connectivity index (χ1) is 14.4. The van der Waals surface area contributed by atoms with Crippen LogP contribution in [0.25, 0.3) is 24.3 Å². The molecule has 0 N–H and O–H groups in total. The second-order valence-electron chi connectivity index (χ2n) is 6.67. The monoisotopic (exact) mass is 374 g/mol. The summed E-state index contributed by atoms with van der Waals surface area (Å²) < 4.78 is 6.31. The molecule has 0 bridgehead atoms. The van der Waals surface area contributed by atoms with Gasteiger partial charge in [-0.3, -0.25) is 0 Å². The molecule has 140 valence electrons. The zero-order valence-electron chi connectivity index (χ0n) is 16.1. The summed E-state index contributed by atoms with van der Waals surface area (Å²) in [6.07, 6.45) is 8.38. The van der Waals surface area contributed by atoms with Crippen molar-refractivity contribution in [2.45, 2.75) is 0 Å². The van der Waals surface area contributed by atoms with Crippen molar-refractivity contribution in [3.8, 4) is 11.5 Å². The molecule has 4 aromatic rings. The topological polar surface area (TPSA) is 9.23 Å². The number of rotatable bonds is 6. The van der Waals surface area contributed by atoms with E-state index in [2.05, 4.69) is 60.7 Å². The van der Waals surface area contributed by atoms with Crippen LogP contribution in [0, 0.1) is 0 Å². The van der Waals surface area contributed by atoms with Gasteiger partial charge in [0.15, 0.2) is 0 Å². The van der Waals surface area contributed by atoms with Crippen molar-refractivity contribution in [3.63, 3.8) is 0 Å². The molecular weight excluding hydrogens is 352 g/mol. The van der Waals surface area contributed by atoms with Gasteiger partial charge in [0.1, 0.15) is 11.5 Å². The zero-order valence-corrected chi connectivity index (χ0v) is 16.1. The van der Waals surface area contributed by atoms with E-state index >= 15 is 0 Å². The van der Waals surface area contributed by atoms with Crippen LogP contribution in [0.5, 0.6) is 11.5 Å². The van der Waals surface area contributed by atoms with Gasteiger partial charge in [0.05, 0.1) is 0 Å². The highest BCUT2D eigenvalue weighted by atomic mass is 16.5. The number of para-hydroxylation sites is 2. The van der Waals surface area contributed by atoms with Gasteiger partial charge in [-0.2, -0.15) is 0 Å². The summed E-state index contributed by atoms with van der Waals surface area (Å²) >= 11 is 0. The van der Waals surface area contributed by atoms with E-state index in [1.807, 2.05) is 72.8 Å². The standard InChI is InChI=1S/C28H22O/c1-3-11-23(12-4-1)19-21-25-15-7-9-17-27(25)29-28-18-10-8-16-26(28)22-20-24-13-5-2-6-14-24/h1-22H. The number of hydrogen-bond acceptors (Lipinski definition) is 1. The van der Waals surface area contributed by atoms with Crippen molar-refractivity contribution in [1.29, 1.82) is 0 Å². The summed E-state index contributed by atoms with van der Waals surface area (Å²) in [5.41, 5.74) is 4.40. The van der Waals surface area contributed by atoms with Crippen molar-refractivity contribution in [2.24, 2.45) is 0 Å². The van der Waals surface area contributed by atoms with Gasteiger partial charge in [0.2, 0.25) is 0 Å². The molecule has 0 fully saturated rings. The smallest absolute Gasteiger partial charge is 0.134 e. The van der Waals surface area contributed by atoms with Gasteiger partial charge in [-0.25, -0.2) is 0 Å². The average Bonchev–Trinajstić information content (AvgIpc) is 2.79. The Balaban J connectivity index is 1.59. The summed E-state index contributed by atoms with van der Waals surface area (Å²) in [4.78, 5) is 0. The lowest BCUT2D eigenvalue weighted by molar-refractivity contribution is 0.480. The summed E-state index contributed by atoms with van der Waals surface area (Å²) in [5.74, 6) is 1.67. The van der Waals surface area contributed by atoms with Gasteiger partial charge >= 0.3 is 0 Å². The highest BCUT2D eigenvalue weighted by Gasteiger charge is 2.05. The van der Waals surface area contributed by atoms with Crippen LogP contribution in [0.15, 0.2) is 109 Å². The summed E-state index contributed by atoms with van der Waals surface area (Å²) in [6.45, 7) is 0. The summed E-state index contributed by atoms with van der Waals surface area (Å²) in [6, 6.07) is 36.7. The molecule has 0 unspecified atom stereocenters. The fourth-order valence-electron chi connectivity index (χ4n) is 3.04. The van der Waals surface area contributed by atoms with Crippen molar-refractivity contribution in [1.82, 2.24) is 0 Å². The molecule has 0 aromatic heterocycles. The molecule has 0 atom stereocenters. The van der Waals surface area contributed by atoms with E-state index in [0.717, 1.165) is 33.8 Å². The first-order valence-corrected chi connectivity index (χ1v) is 9.71. The highest BCUT2D eigenvalue weighted by Crippen LogP contribution is 2.30. The Kier molecular flexibility index (Phi) is 5.99. The van der Waals surface area contributed by atoms with E-state index in [1.54, 1.807) is 0 Å². The van der Waals surface area contributed by atoms with Gasteiger partial charge in [0, 0.05) is 11.1 Å². The first kappa shape index (κ1) is 18.5. The second-order valence-corrected chi connectivity index (χ2v) is 6.67. The molecule has 4 rings (SSSR count). The van der Waals surface area contributed by atoms with E-state index in [1.165, 1.54) is 0 Å². The molecular formula is C28H22O. The first-order valence-electron chi connectivity index (χ1n) is 9.71. The van der Waals surface area contributed by atoms with E-state index in [0.29, 0.717) is 0 Å². The van der Waals surface area contributed by atoms with Gasteiger partial charge in [-0.1, -0.05) is 121 Å². The van der Waals surface area contributed by atoms with E-state index in [-0.39, 0.29) is 0 Å². The molecule has 0 spiro atoms. The lowest BCUT2D eigenvalue weighted by Gasteiger charge is -2.11. The number of ether oxygens (including phenoxy) is 1. The van der Waals surface area contributed by atoms with Crippen LogP contribution >= 0.6 is 0 Å². The maximum Gasteiger partial charge on any atom is 0.134 e. The molecule has 0 saturated heterocycles. The normalized spacial score (nSPS) is 11.2. The molecule has 1 nitrogen and oxygen atoms in total. The van der Waals surface area contributed by atoms with Crippen LogP contribution in [-0.2, 0) is 0 Å². The van der Waals surface area contributed by atoms with Gasteiger partial charge in [-0.15, -0.1) is 0 Å². The molecule has 1 heteroatoms. The lowest BCUT2D eigenvalue weighted by Crippen LogP contribution is -1.89. The van der Waals surface area contributed by atoms with E-state index in [9.17, 15) is 0 Å². The van der Waals surface area contributed by atoms with Gasteiger partial charge in [0.25, 0.3) is 0 Å². The molecule has 0 amide bonds. The van der Waals surface area contributed by atoms with Crippen molar-refractivity contribution >= 4 is 24.3 Å². The van der Waals surface area contributed by atoms with Crippen LogP contribution in [0.4, 0.5) is 0 Å². The van der Waals surface area contributed by atoms with E-state index < -0.39 is 0 Å². The predicted molar refractivity (Wildman–Crippen MR) is 124 cm³/mol. The molecule has 0 aliphatic carbocycles. The average molecular weight is 374 g/mol. The molecule has 0 heterocycles. The Morgan fingerprint density at radius 3 is 1.21 bits per heavy atom. The molecule has 0 aliphatic heterocycles. The molecule has 0 saturated carbocycles. The maximum atomic E-state index is 6.31. The Labute approximate surface area is 172 Å². The minimum absolute atomic E-state index is 0.834. The quantitative estimate of drug-likeness (QED) is 0.313. The Morgan fingerprint density at radius 2 is 0.759 bits per heavy atom. The molecule has 4 aromatic carbocycles. The van der Waals surface area contributed by atoms with Gasteiger partial charge < -0.3 is 4.74 Å². The zero-order chi connectivity index (χ0) is 19.7. The van der Waals surface area contributed by atoms with Crippen molar-refractivity contribution < 1.29 is 4.74 Å². The van der Waals surface area contributed by atoms with Crippen molar-refractivity contribution in [3.05, 3.63) is 131 Å². The minimum Gasteiger partial charge on any atom is -0.456 e. The largest absolute Gasteiger partial charge is 0.456 e. The van der Waals surface area contributed by atoms with Crippen LogP contribution in [0.2, 0.25) is 0 Å². The second kappa shape index (κ2) is 9.38. The highest BCUT2D eigenvalue weighted by molar-refractivity contribution is 5.74. The number of benzene rings is 4. The Morgan fingerprint density at radius 1 is 0.379 bits per heavy atom. The number of hydrogen-bond donors (Lipinski definition) is 0. The maximum absolute atomic E-state index is 6.31. The van der Waals surface area contributed by atoms with Gasteiger partial charge in [-0.05, 0) is 23.3 Å². The Bertz CT molecular complexity index is 1020. The third-order valence-corrected chi connectivity index (χ3v) is 4.57. The molecule has 0 aliphatic rings. The lowest BCUT2D eigenvalue weighted by atomic mass is 10.1. The third-order valence-electron chi connectivity index (χ3n) is 4.57. The van der Waals surface area contributed by atoms with Crippen LogP contribution in [-0.4, -0.2) is 0 Å². The molecule has 0 radical (unpaired) electrons. The van der Waals surface area contributed by atoms with Crippen LogP contribution in [0.3, 0.4) is 0 Å². The van der Waals surface area contributed by atoms with Crippen molar-refractivity contribution in [2.75, 3.05) is 0 Å². The fraction of sp³-hybridized carbons (Fsp3) is 0. The van der Waals surface area contributed by atoms with Crippen LogP contribution in [0.1, 0.15) is 22.3 Å². The predicted octanol–water partition coefficient (Wildman–Crippen LogP) is 7.82. The van der Waals surface area contributed by atoms with Crippen LogP contribution < -0.4 is 4.74 Å². The minimum atomic E-state index is 0.834. The van der Waals surface area contributed by atoms with E-state index in [4.69, 9.17) is 4.74 Å². The molecule has 29 heavy (non-hydrogen) atoms. The summed E-state index contributed by atoms with van der Waals surface area (Å²) in [5, 5.41) is 0. The SMILES string of the molecule is C(=Cc1ccccc1Oc1ccccc1C=Cc1ccccc1)c1ccccc1. The third kappa shape index (κ3) is 5.12. The Hall–Kier alpha value is -3.84.